The molecule has 114 valence electrons. The summed E-state index contributed by atoms with van der Waals surface area (Å²) in [5, 5.41) is 2.81. The predicted molar refractivity (Wildman–Crippen MR) is 87.3 cm³/mol. The molecular formula is C16H16N2O3S. The quantitative estimate of drug-likeness (QED) is 0.802. The van der Waals surface area contributed by atoms with Gasteiger partial charge in [0.1, 0.15) is 5.75 Å². The lowest BCUT2D eigenvalue weighted by molar-refractivity contribution is -0.119. The van der Waals surface area contributed by atoms with Gasteiger partial charge >= 0.3 is 0 Å². The van der Waals surface area contributed by atoms with Crippen molar-refractivity contribution in [3.05, 3.63) is 54.1 Å². The molecule has 0 spiro atoms. The fourth-order valence-electron chi connectivity index (χ4n) is 1.76. The average molecular weight is 316 g/mol. The number of carbonyl (C=O) groups is 2. The standard InChI is InChI=1S/C16H16N2O3S/c1-22-14-7-5-12(6-8-14)18-16(20)11-3-2-4-13(9-11)21-10-15(17)19/h2-9H,10H2,1H3,(H2,17,19)(H,18,20). The Morgan fingerprint density at radius 2 is 1.91 bits per heavy atom. The average Bonchev–Trinajstić information content (AvgIpc) is 2.54. The molecule has 5 nitrogen and oxygen atoms in total. The highest BCUT2D eigenvalue weighted by atomic mass is 32.2. The maximum atomic E-state index is 12.2. The van der Waals surface area contributed by atoms with Crippen LogP contribution in [0.1, 0.15) is 10.4 Å². The lowest BCUT2D eigenvalue weighted by Crippen LogP contribution is -2.20. The molecule has 0 aliphatic carbocycles. The first-order valence-corrected chi connectivity index (χ1v) is 7.77. The Labute approximate surface area is 132 Å². The summed E-state index contributed by atoms with van der Waals surface area (Å²) >= 11 is 1.64. The van der Waals surface area contributed by atoms with E-state index in [1.807, 2.05) is 30.5 Å². The molecule has 0 bridgehead atoms. The Morgan fingerprint density at radius 3 is 2.55 bits per heavy atom. The molecule has 0 atom stereocenters. The second kappa shape index (κ2) is 7.51. The minimum Gasteiger partial charge on any atom is -0.484 e. The third-order valence-electron chi connectivity index (χ3n) is 2.83. The van der Waals surface area contributed by atoms with E-state index >= 15 is 0 Å². The Kier molecular flexibility index (Phi) is 5.43. The lowest BCUT2D eigenvalue weighted by atomic mass is 10.2. The number of benzene rings is 2. The number of nitrogens with two attached hydrogens (primary N) is 1. The fourth-order valence-corrected chi connectivity index (χ4v) is 2.17. The molecule has 22 heavy (non-hydrogen) atoms. The largest absolute Gasteiger partial charge is 0.484 e. The van der Waals surface area contributed by atoms with E-state index in [-0.39, 0.29) is 12.5 Å². The monoisotopic (exact) mass is 316 g/mol. The number of amides is 2. The number of ether oxygens (including phenoxy) is 1. The Morgan fingerprint density at radius 1 is 1.18 bits per heavy atom. The molecule has 2 amide bonds. The highest BCUT2D eigenvalue weighted by Crippen LogP contribution is 2.19. The fraction of sp³-hybridized carbons (Fsp3) is 0.125. The molecule has 2 rings (SSSR count). The molecule has 0 fully saturated rings. The summed E-state index contributed by atoms with van der Waals surface area (Å²) in [6, 6.07) is 14.1. The molecule has 0 saturated carbocycles. The second-order valence-electron chi connectivity index (χ2n) is 4.47. The van der Waals surface area contributed by atoms with Crippen LogP contribution in [0.2, 0.25) is 0 Å². The van der Waals surface area contributed by atoms with Gasteiger partial charge in [0.05, 0.1) is 0 Å². The molecule has 0 heterocycles. The minimum absolute atomic E-state index is 0.221. The molecule has 2 aromatic carbocycles. The molecule has 0 aliphatic heterocycles. The number of hydrogen-bond donors (Lipinski definition) is 2. The van der Waals surface area contributed by atoms with Gasteiger partial charge in [-0.15, -0.1) is 11.8 Å². The van der Waals surface area contributed by atoms with Gasteiger partial charge < -0.3 is 15.8 Å². The third kappa shape index (κ3) is 4.53. The molecule has 6 heteroatoms. The summed E-state index contributed by atoms with van der Waals surface area (Å²) < 4.78 is 5.18. The Balaban J connectivity index is 2.05. The zero-order valence-electron chi connectivity index (χ0n) is 12.0. The van der Waals surface area contributed by atoms with E-state index < -0.39 is 5.91 Å². The van der Waals surface area contributed by atoms with Crippen LogP contribution in [0, 0.1) is 0 Å². The minimum atomic E-state index is -0.566. The molecule has 2 aromatic rings. The topological polar surface area (TPSA) is 81.4 Å². The SMILES string of the molecule is CSc1ccc(NC(=O)c2cccc(OCC(N)=O)c2)cc1. The van der Waals surface area contributed by atoms with E-state index in [0.717, 1.165) is 4.90 Å². The summed E-state index contributed by atoms with van der Waals surface area (Å²) in [5.74, 6) is -0.394. The zero-order valence-corrected chi connectivity index (χ0v) is 12.9. The molecule has 0 unspecified atom stereocenters. The van der Waals surface area contributed by atoms with Crippen LogP contribution in [0.15, 0.2) is 53.4 Å². The van der Waals surface area contributed by atoms with Crippen molar-refractivity contribution in [3.63, 3.8) is 0 Å². The smallest absolute Gasteiger partial charge is 0.255 e. The molecular weight excluding hydrogens is 300 g/mol. The second-order valence-corrected chi connectivity index (χ2v) is 5.35. The third-order valence-corrected chi connectivity index (χ3v) is 3.57. The van der Waals surface area contributed by atoms with Crippen molar-refractivity contribution in [2.45, 2.75) is 4.90 Å². The van der Waals surface area contributed by atoms with E-state index in [1.54, 1.807) is 36.0 Å². The molecule has 0 aromatic heterocycles. The van der Waals surface area contributed by atoms with E-state index in [0.29, 0.717) is 17.0 Å². The highest BCUT2D eigenvalue weighted by Gasteiger charge is 2.08. The van der Waals surface area contributed by atoms with Crippen molar-refractivity contribution >= 4 is 29.3 Å². The summed E-state index contributed by atoms with van der Waals surface area (Å²) in [6.07, 6.45) is 1.99. The number of thioether (sulfide) groups is 1. The number of rotatable bonds is 6. The maximum absolute atomic E-state index is 12.2. The lowest BCUT2D eigenvalue weighted by Gasteiger charge is -2.08. The van der Waals surface area contributed by atoms with Gasteiger partial charge in [-0.25, -0.2) is 0 Å². The highest BCUT2D eigenvalue weighted by molar-refractivity contribution is 7.98. The first-order valence-electron chi connectivity index (χ1n) is 6.55. The first-order chi connectivity index (χ1) is 10.6. The maximum Gasteiger partial charge on any atom is 0.255 e. The number of nitrogens with one attached hydrogen (secondary N) is 1. The van der Waals surface area contributed by atoms with Crippen LogP contribution >= 0.6 is 11.8 Å². The summed E-state index contributed by atoms with van der Waals surface area (Å²) in [5.41, 5.74) is 6.17. The van der Waals surface area contributed by atoms with Crippen LogP contribution in [0.4, 0.5) is 5.69 Å². The van der Waals surface area contributed by atoms with Crippen molar-refractivity contribution in [1.29, 1.82) is 0 Å². The molecule has 0 radical (unpaired) electrons. The van der Waals surface area contributed by atoms with E-state index in [9.17, 15) is 9.59 Å². The van der Waals surface area contributed by atoms with Gasteiger partial charge in [-0.3, -0.25) is 9.59 Å². The van der Waals surface area contributed by atoms with E-state index in [1.165, 1.54) is 0 Å². The van der Waals surface area contributed by atoms with Gasteiger partial charge in [0.15, 0.2) is 6.61 Å². The van der Waals surface area contributed by atoms with Gasteiger partial charge in [-0.1, -0.05) is 6.07 Å². The number of carbonyl (C=O) groups excluding carboxylic acids is 2. The number of anilines is 1. The molecule has 3 N–H and O–H groups in total. The van der Waals surface area contributed by atoms with Crippen LogP contribution in [0.25, 0.3) is 0 Å². The normalized spacial score (nSPS) is 10.0. The van der Waals surface area contributed by atoms with Crippen molar-refractivity contribution in [2.24, 2.45) is 5.73 Å². The van der Waals surface area contributed by atoms with Crippen molar-refractivity contribution in [1.82, 2.24) is 0 Å². The van der Waals surface area contributed by atoms with Crippen LogP contribution in [0.3, 0.4) is 0 Å². The van der Waals surface area contributed by atoms with Crippen LogP contribution in [-0.4, -0.2) is 24.7 Å². The summed E-state index contributed by atoms with van der Waals surface area (Å²) in [4.78, 5) is 24.0. The Hall–Kier alpha value is -2.47. The number of hydrogen-bond acceptors (Lipinski definition) is 4. The van der Waals surface area contributed by atoms with Crippen molar-refractivity contribution in [2.75, 3.05) is 18.2 Å². The van der Waals surface area contributed by atoms with Gasteiger partial charge in [0.25, 0.3) is 11.8 Å². The van der Waals surface area contributed by atoms with Crippen LogP contribution < -0.4 is 15.8 Å². The van der Waals surface area contributed by atoms with Gasteiger partial charge in [-0.05, 0) is 48.7 Å². The van der Waals surface area contributed by atoms with Crippen LogP contribution in [-0.2, 0) is 4.79 Å². The van der Waals surface area contributed by atoms with Gasteiger partial charge in [0.2, 0.25) is 0 Å². The van der Waals surface area contributed by atoms with E-state index in [4.69, 9.17) is 10.5 Å². The van der Waals surface area contributed by atoms with Gasteiger partial charge in [0, 0.05) is 16.1 Å². The molecule has 0 aliphatic rings. The number of primary amides is 1. The summed E-state index contributed by atoms with van der Waals surface area (Å²) in [6.45, 7) is -0.221. The Bertz CT molecular complexity index is 671. The van der Waals surface area contributed by atoms with Gasteiger partial charge in [-0.2, -0.15) is 0 Å². The van der Waals surface area contributed by atoms with Crippen LogP contribution in [0.5, 0.6) is 5.75 Å². The zero-order chi connectivity index (χ0) is 15.9. The van der Waals surface area contributed by atoms with Crippen molar-refractivity contribution in [3.8, 4) is 5.75 Å². The van der Waals surface area contributed by atoms with E-state index in [2.05, 4.69) is 5.32 Å². The predicted octanol–water partition coefficient (Wildman–Crippen LogP) is 2.52. The summed E-state index contributed by atoms with van der Waals surface area (Å²) in [7, 11) is 0. The van der Waals surface area contributed by atoms with Crippen molar-refractivity contribution < 1.29 is 14.3 Å². The first kappa shape index (κ1) is 15.9. The molecule has 0 saturated heterocycles.